The van der Waals surface area contributed by atoms with E-state index in [9.17, 15) is 14.7 Å². The molecule has 0 fully saturated rings. The zero-order valence-electron chi connectivity index (χ0n) is 19.6. The van der Waals surface area contributed by atoms with E-state index in [0.29, 0.717) is 5.75 Å². The maximum Gasteiger partial charge on any atom is 0.198 e. The Balaban J connectivity index is 1.45. The number of aromatic hydroxyl groups is 1. The van der Waals surface area contributed by atoms with Gasteiger partial charge >= 0.3 is 0 Å². The van der Waals surface area contributed by atoms with Gasteiger partial charge in [-0.2, -0.15) is 0 Å². The van der Waals surface area contributed by atoms with E-state index in [-0.39, 0.29) is 39.4 Å². The van der Waals surface area contributed by atoms with Crippen LogP contribution < -0.4 is 10.5 Å². The number of ether oxygens (including phenoxy) is 1. The summed E-state index contributed by atoms with van der Waals surface area (Å²) >= 11 is 0. The number of ketones is 2. The van der Waals surface area contributed by atoms with E-state index in [4.69, 9.17) is 10.5 Å². The number of hydrogen-bond acceptors (Lipinski definition) is 5. The predicted octanol–water partition coefficient (Wildman–Crippen LogP) is 6.84. The lowest BCUT2D eigenvalue weighted by Crippen LogP contribution is -2.22. The zero-order valence-corrected chi connectivity index (χ0v) is 19.6. The van der Waals surface area contributed by atoms with E-state index in [1.165, 1.54) is 50.2 Å². The Hall–Kier alpha value is -3.60. The van der Waals surface area contributed by atoms with Crippen LogP contribution in [0.4, 0.5) is 5.69 Å². The van der Waals surface area contributed by atoms with Gasteiger partial charge in [0.15, 0.2) is 17.3 Å². The molecule has 0 radical (unpaired) electrons. The fourth-order valence-corrected chi connectivity index (χ4v) is 4.50. The van der Waals surface area contributed by atoms with Gasteiger partial charge in [-0.05, 0) is 30.5 Å². The van der Waals surface area contributed by atoms with Crippen molar-refractivity contribution in [1.82, 2.24) is 0 Å². The van der Waals surface area contributed by atoms with Crippen LogP contribution in [0.2, 0.25) is 0 Å². The lowest BCUT2D eigenvalue weighted by Gasteiger charge is -2.21. The molecule has 5 heteroatoms. The number of phenolic OH excluding ortho intramolecular Hbond substituents is 1. The molecule has 0 spiro atoms. The Labute approximate surface area is 200 Å². The molecule has 1 aliphatic rings. The summed E-state index contributed by atoms with van der Waals surface area (Å²) in [5.41, 5.74) is 8.02. The second-order valence-corrected chi connectivity index (χ2v) is 8.88. The number of phenols is 1. The molecule has 3 N–H and O–H groups in total. The van der Waals surface area contributed by atoms with Crippen molar-refractivity contribution in [3.05, 3.63) is 82.4 Å². The van der Waals surface area contributed by atoms with Crippen LogP contribution in [0.5, 0.6) is 17.2 Å². The van der Waals surface area contributed by atoms with Gasteiger partial charge in [0, 0.05) is 17.2 Å². The molecule has 176 valence electrons. The highest BCUT2D eigenvalue weighted by Gasteiger charge is 2.35. The molecule has 5 nitrogen and oxygen atoms in total. The van der Waals surface area contributed by atoms with Crippen LogP contribution in [-0.4, -0.2) is 16.7 Å². The minimum Gasteiger partial charge on any atom is -0.507 e. The van der Waals surface area contributed by atoms with Crippen LogP contribution >= 0.6 is 0 Å². The van der Waals surface area contributed by atoms with Crippen LogP contribution in [0.3, 0.4) is 0 Å². The standard InChI is InChI=1S/C29H31NO4/c1-2-3-4-5-6-7-8-11-19-14-16-20(17-15-19)34-24-18-23(31)25-26(27(24)30)29(33)22-13-10-9-12-21(22)28(25)32/h9-10,12-18,31H,2-8,11,30H2,1H3. The molecule has 0 saturated carbocycles. The maximum atomic E-state index is 13.1. The first-order valence-corrected chi connectivity index (χ1v) is 12.1. The molecule has 0 aromatic heterocycles. The topological polar surface area (TPSA) is 89.6 Å². The fourth-order valence-electron chi connectivity index (χ4n) is 4.50. The molecular formula is C29H31NO4. The maximum absolute atomic E-state index is 13.1. The summed E-state index contributed by atoms with van der Waals surface area (Å²) < 4.78 is 5.91. The van der Waals surface area contributed by atoms with Gasteiger partial charge in [-0.1, -0.05) is 81.8 Å². The zero-order chi connectivity index (χ0) is 24.1. The minimum atomic E-state index is -0.421. The smallest absolute Gasteiger partial charge is 0.198 e. The summed E-state index contributed by atoms with van der Waals surface area (Å²) in [6.07, 6.45) is 9.95. The first-order chi connectivity index (χ1) is 16.5. The van der Waals surface area contributed by atoms with Gasteiger partial charge in [0.25, 0.3) is 0 Å². The Morgan fingerprint density at radius 2 is 1.38 bits per heavy atom. The normalized spacial score (nSPS) is 12.4. The molecule has 3 aromatic carbocycles. The average Bonchev–Trinajstić information content (AvgIpc) is 2.85. The number of carbonyl (C=O) groups is 2. The number of benzene rings is 3. The van der Waals surface area contributed by atoms with E-state index >= 15 is 0 Å². The molecule has 0 unspecified atom stereocenters. The minimum absolute atomic E-state index is 0.00532. The average molecular weight is 458 g/mol. The summed E-state index contributed by atoms with van der Waals surface area (Å²) in [6.45, 7) is 2.23. The van der Waals surface area contributed by atoms with Gasteiger partial charge in [0.1, 0.15) is 11.5 Å². The summed E-state index contributed by atoms with van der Waals surface area (Å²) in [7, 11) is 0. The number of fused-ring (bicyclic) bond motifs is 2. The molecule has 34 heavy (non-hydrogen) atoms. The van der Waals surface area contributed by atoms with E-state index in [1.54, 1.807) is 24.3 Å². The first kappa shape index (κ1) is 23.6. The third-order valence-electron chi connectivity index (χ3n) is 6.40. The molecular weight excluding hydrogens is 426 g/mol. The van der Waals surface area contributed by atoms with E-state index in [1.807, 2.05) is 24.3 Å². The lowest BCUT2D eigenvalue weighted by atomic mass is 9.82. The van der Waals surface area contributed by atoms with Crippen LogP contribution in [0.1, 0.15) is 89.3 Å². The second kappa shape index (κ2) is 10.6. The fraction of sp³-hybridized carbons (Fsp3) is 0.310. The van der Waals surface area contributed by atoms with Crippen molar-refractivity contribution < 1.29 is 19.4 Å². The van der Waals surface area contributed by atoms with E-state index in [2.05, 4.69) is 6.92 Å². The number of hydrogen-bond donors (Lipinski definition) is 2. The second-order valence-electron chi connectivity index (χ2n) is 8.88. The van der Waals surface area contributed by atoms with Crippen molar-refractivity contribution in [3.8, 4) is 17.2 Å². The quantitative estimate of drug-likeness (QED) is 0.155. The summed E-state index contributed by atoms with van der Waals surface area (Å²) in [6, 6.07) is 15.6. The van der Waals surface area contributed by atoms with E-state index < -0.39 is 11.6 Å². The highest BCUT2D eigenvalue weighted by atomic mass is 16.5. The number of unbranched alkanes of at least 4 members (excludes halogenated alkanes) is 6. The predicted molar refractivity (Wildman–Crippen MR) is 134 cm³/mol. The monoisotopic (exact) mass is 457 g/mol. The molecule has 0 bridgehead atoms. The summed E-state index contributed by atoms with van der Waals surface area (Å²) in [5.74, 6) is -0.437. The van der Waals surface area contributed by atoms with Gasteiger partial charge in [-0.3, -0.25) is 9.59 Å². The SMILES string of the molecule is CCCCCCCCCc1ccc(Oc2cc(O)c3c(c2N)C(=O)c2ccccc2C3=O)cc1. The Kier molecular flexibility index (Phi) is 7.31. The van der Waals surface area contributed by atoms with E-state index in [0.717, 1.165) is 12.8 Å². The van der Waals surface area contributed by atoms with Gasteiger partial charge < -0.3 is 15.6 Å². The first-order valence-electron chi connectivity index (χ1n) is 12.1. The lowest BCUT2D eigenvalue weighted by molar-refractivity contribution is 0.0977. The summed E-state index contributed by atoms with van der Waals surface area (Å²) in [4.78, 5) is 26.0. The van der Waals surface area contributed by atoms with Crippen molar-refractivity contribution in [2.24, 2.45) is 0 Å². The number of nitrogen functional groups attached to an aromatic ring is 1. The number of rotatable bonds is 10. The van der Waals surface area contributed by atoms with Crippen molar-refractivity contribution in [2.75, 3.05) is 5.73 Å². The van der Waals surface area contributed by atoms with Crippen molar-refractivity contribution in [2.45, 2.75) is 58.3 Å². The van der Waals surface area contributed by atoms with Gasteiger partial charge in [-0.15, -0.1) is 0 Å². The number of nitrogens with two attached hydrogens (primary N) is 1. The third kappa shape index (κ3) is 4.84. The van der Waals surface area contributed by atoms with Gasteiger partial charge in [0.2, 0.25) is 0 Å². The van der Waals surface area contributed by atoms with Gasteiger partial charge in [0.05, 0.1) is 16.8 Å². The molecule has 0 heterocycles. The number of aryl methyl sites for hydroxylation is 1. The van der Waals surface area contributed by atoms with Crippen molar-refractivity contribution >= 4 is 17.3 Å². The number of carbonyl (C=O) groups excluding carboxylic acids is 2. The molecule has 0 amide bonds. The molecule has 4 rings (SSSR count). The highest BCUT2D eigenvalue weighted by Crippen LogP contribution is 2.42. The Morgan fingerprint density at radius 3 is 2.03 bits per heavy atom. The van der Waals surface area contributed by atoms with Crippen LogP contribution in [-0.2, 0) is 6.42 Å². The molecule has 0 saturated heterocycles. The number of anilines is 1. The molecule has 0 aliphatic heterocycles. The van der Waals surface area contributed by atoms with Crippen LogP contribution in [0, 0.1) is 0 Å². The largest absolute Gasteiger partial charge is 0.507 e. The van der Waals surface area contributed by atoms with Gasteiger partial charge in [-0.25, -0.2) is 0 Å². The van der Waals surface area contributed by atoms with Crippen molar-refractivity contribution in [3.63, 3.8) is 0 Å². The molecule has 1 aliphatic carbocycles. The Morgan fingerprint density at radius 1 is 0.794 bits per heavy atom. The highest BCUT2D eigenvalue weighted by molar-refractivity contribution is 6.31. The Bertz CT molecular complexity index is 1200. The molecule has 3 aromatic rings. The third-order valence-corrected chi connectivity index (χ3v) is 6.40. The molecule has 0 atom stereocenters. The van der Waals surface area contributed by atoms with Crippen LogP contribution in [0.15, 0.2) is 54.6 Å². The van der Waals surface area contributed by atoms with Crippen molar-refractivity contribution in [1.29, 1.82) is 0 Å². The summed E-state index contributed by atoms with van der Waals surface area (Å²) in [5, 5.41) is 10.6. The van der Waals surface area contributed by atoms with Crippen LogP contribution in [0.25, 0.3) is 0 Å².